The summed E-state index contributed by atoms with van der Waals surface area (Å²) in [5.41, 5.74) is 3.86. The second-order valence-electron chi connectivity index (χ2n) is 2.41. The number of aliphatic carboxylic acids is 1. The zero-order chi connectivity index (χ0) is 8.91. The Morgan fingerprint density at radius 2 is 1.58 bits per heavy atom. The summed E-state index contributed by atoms with van der Waals surface area (Å²) < 4.78 is 0. The van der Waals surface area contributed by atoms with Crippen molar-refractivity contribution in [1.82, 2.24) is 0 Å². The Morgan fingerprint density at radius 1 is 1.25 bits per heavy atom. The van der Waals surface area contributed by atoms with Crippen LogP contribution < -0.4 is 35.3 Å². The van der Waals surface area contributed by atoms with Gasteiger partial charge in [0.1, 0.15) is 5.54 Å². The first-order valence-corrected chi connectivity index (χ1v) is 3.31. The first-order chi connectivity index (χ1) is 5.06. The predicted octanol–water partition coefficient (Wildman–Crippen LogP) is -4.46. The standard InChI is InChI=1S/C6H13NO4.Na/c7-6(1-3-8,2-4-9)5(10)11;/h8-9H,1-4,7H2,(H,10,11);/q;+1. The van der Waals surface area contributed by atoms with E-state index in [0.717, 1.165) is 0 Å². The number of aliphatic hydroxyl groups excluding tert-OH is 2. The molecule has 0 bridgehead atoms. The molecule has 0 saturated carbocycles. The van der Waals surface area contributed by atoms with Gasteiger partial charge in [0.05, 0.1) is 0 Å². The fourth-order valence-electron chi connectivity index (χ4n) is 0.738. The van der Waals surface area contributed by atoms with E-state index >= 15 is 0 Å². The van der Waals surface area contributed by atoms with E-state index < -0.39 is 11.5 Å². The van der Waals surface area contributed by atoms with Crippen LogP contribution in [0.1, 0.15) is 12.8 Å². The summed E-state index contributed by atoms with van der Waals surface area (Å²) in [5, 5.41) is 25.5. The van der Waals surface area contributed by atoms with Crippen LogP contribution in [0.2, 0.25) is 0 Å². The van der Waals surface area contributed by atoms with Gasteiger partial charge in [-0.25, -0.2) is 0 Å². The van der Waals surface area contributed by atoms with E-state index in [-0.39, 0.29) is 55.6 Å². The summed E-state index contributed by atoms with van der Waals surface area (Å²) in [7, 11) is 0. The molecule has 0 aromatic carbocycles. The average molecular weight is 186 g/mol. The summed E-state index contributed by atoms with van der Waals surface area (Å²) >= 11 is 0. The van der Waals surface area contributed by atoms with Gasteiger partial charge in [-0.2, -0.15) is 0 Å². The minimum absolute atomic E-state index is 0. The van der Waals surface area contributed by atoms with Crippen LogP contribution in [0.25, 0.3) is 0 Å². The van der Waals surface area contributed by atoms with E-state index in [4.69, 9.17) is 21.1 Å². The van der Waals surface area contributed by atoms with Crippen LogP contribution in [-0.4, -0.2) is 40.0 Å². The molecule has 0 aliphatic carbocycles. The molecule has 0 aliphatic heterocycles. The van der Waals surface area contributed by atoms with Crippen molar-refractivity contribution in [2.75, 3.05) is 13.2 Å². The van der Waals surface area contributed by atoms with Gasteiger partial charge < -0.3 is 21.1 Å². The molecule has 0 fully saturated rings. The number of carboxylic acids is 1. The number of hydrogen-bond donors (Lipinski definition) is 4. The molecule has 0 atom stereocenters. The van der Waals surface area contributed by atoms with E-state index in [1.54, 1.807) is 0 Å². The molecule has 66 valence electrons. The van der Waals surface area contributed by atoms with Gasteiger partial charge in [-0.15, -0.1) is 0 Å². The van der Waals surface area contributed by atoms with Crippen molar-refractivity contribution in [3.8, 4) is 0 Å². The molecule has 0 rings (SSSR count). The molecule has 0 radical (unpaired) electrons. The minimum Gasteiger partial charge on any atom is -0.480 e. The Bertz CT molecular complexity index is 136. The molecule has 0 aromatic rings. The molecular formula is C6H13NNaO4+. The Labute approximate surface area is 92.9 Å². The molecule has 0 amide bonds. The van der Waals surface area contributed by atoms with Crippen molar-refractivity contribution in [3.05, 3.63) is 0 Å². The van der Waals surface area contributed by atoms with Crippen LogP contribution >= 0.6 is 0 Å². The summed E-state index contributed by atoms with van der Waals surface area (Å²) in [6, 6.07) is 0. The third kappa shape index (κ3) is 4.39. The van der Waals surface area contributed by atoms with Crippen LogP contribution in [0.15, 0.2) is 0 Å². The molecule has 0 heterocycles. The van der Waals surface area contributed by atoms with E-state index in [1.807, 2.05) is 0 Å². The van der Waals surface area contributed by atoms with Crippen molar-refractivity contribution in [2.24, 2.45) is 5.73 Å². The second-order valence-corrected chi connectivity index (χ2v) is 2.41. The van der Waals surface area contributed by atoms with Crippen LogP contribution in [0, 0.1) is 0 Å². The Hall–Kier alpha value is 0.350. The number of aliphatic hydroxyl groups is 2. The van der Waals surface area contributed by atoms with Gasteiger partial charge in [0, 0.05) is 13.2 Å². The van der Waals surface area contributed by atoms with E-state index in [9.17, 15) is 4.79 Å². The number of rotatable bonds is 5. The maximum atomic E-state index is 10.5. The van der Waals surface area contributed by atoms with Gasteiger partial charge in [-0.1, -0.05) is 0 Å². The first-order valence-electron chi connectivity index (χ1n) is 3.31. The maximum Gasteiger partial charge on any atom is 1.00 e. The molecule has 0 unspecified atom stereocenters. The number of hydrogen-bond acceptors (Lipinski definition) is 4. The third-order valence-corrected chi connectivity index (χ3v) is 1.54. The van der Waals surface area contributed by atoms with Gasteiger partial charge >= 0.3 is 35.5 Å². The second kappa shape index (κ2) is 6.82. The first kappa shape index (κ1) is 14.9. The predicted molar refractivity (Wildman–Crippen MR) is 38.0 cm³/mol. The van der Waals surface area contributed by atoms with Crippen LogP contribution in [0.5, 0.6) is 0 Å². The third-order valence-electron chi connectivity index (χ3n) is 1.54. The minimum atomic E-state index is -1.48. The molecule has 6 heteroatoms. The Balaban J connectivity index is 0. The monoisotopic (exact) mass is 186 g/mol. The molecule has 0 spiro atoms. The molecule has 5 N–H and O–H groups in total. The summed E-state index contributed by atoms with van der Waals surface area (Å²) in [6.07, 6.45) is -0.0776. The fraction of sp³-hybridized carbons (Fsp3) is 0.833. The molecule has 5 nitrogen and oxygen atoms in total. The van der Waals surface area contributed by atoms with Crippen molar-refractivity contribution in [1.29, 1.82) is 0 Å². The van der Waals surface area contributed by atoms with E-state index in [2.05, 4.69) is 0 Å². The number of carboxylic acid groups (broad SMARTS) is 1. The number of nitrogens with two attached hydrogens (primary N) is 1. The van der Waals surface area contributed by atoms with Crippen LogP contribution in [0.3, 0.4) is 0 Å². The molecule has 0 aliphatic rings. The van der Waals surface area contributed by atoms with Gasteiger partial charge in [0.25, 0.3) is 0 Å². The van der Waals surface area contributed by atoms with Gasteiger partial charge in [0.2, 0.25) is 0 Å². The van der Waals surface area contributed by atoms with Crippen molar-refractivity contribution in [2.45, 2.75) is 18.4 Å². The normalized spacial score (nSPS) is 10.6. The van der Waals surface area contributed by atoms with Crippen molar-refractivity contribution >= 4 is 5.97 Å². The summed E-state index contributed by atoms with van der Waals surface area (Å²) in [4.78, 5) is 10.5. The Morgan fingerprint density at radius 3 is 1.75 bits per heavy atom. The zero-order valence-corrected chi connectivity index (χ0v) is 9.16. The Kier molecular flexibility index (Phi) is 8.44. The fourth-order valence-corrected chi connectivity index (χ4v) is 0.738. The SMILES string of the molecule is NC(CCO)(CCO)C(=O)O.[Na+]. The van der Waals surface area contributed by atoms with Crippen LogP contribution in [0.4, 0.5) is 0 Å². The van der Waals surface area contributed by atoms with Gasteiger partial charge in [0.15, 0.2) is 0 Å². The van der Waals surface area contributed by atoms with E-state index in [0.29, 0.717) is 0 Å². The van der Waals surface area contributed by atoms with Gasteiger partial charge in [-0.3, -0.25) is 4.79 Å². The summed E-state index contributed by atoms with van der Waals surface area (Å²) in [6.45, 7) is -0.578. The largest absolute Gasteiger partial charge is 1.00 e. The smallest absolute Gasteiger partial charge is 0.480 e. The van der Waals surface area contributed by atoms with Crippen LogP contribution in [-0.2, 0) is 4.79 Å². The molecular weight excluding hydrogens is 173 g/mol. The van der Waals surface area contributed by atoms with E-state index in [1.165, 1.54) is 0 Å². The van der Waals surface area contributed by atoms with Crippen molar-refractivity contribution in [3.63, 3.8) is 0 Å². The average Bonchev–Trinajstić information content (AvgIpc) is 1.88. The maximum absolute atomic E-state index is 10.5. The number of carbonyl (C=O) groups is 1. The summed E-state index contributed by atoms with van der Waals surface area (Å²) in [5.74, 6) is -1.19. The molecule has 0 saturated heterocycles. The molecule has 0 aromatic heterocycles. The zero-order valence-electron chi connectivity index (χ0n) is 7.16. The topological polar surface area (TPSA) is 104 Å². The van der Waals surface area contributed by atoms with Crippen molar-refractivity contribution < 1.29 is 49.7 Å². The quantitative estimate of drug-likeness (QED) is 0.324. The van der Waals surface area contributed by atoms with Gasteiger partial charge in [-0.05, 0) is 12.8 Å². The molecule has 12 heavy (non-hydrogen) atoms.